The summed E-state index contributed by atoms with van der Waals surface area (Å²) < 4.78 is 10.4. The van der Waals surface area contributed by atoms with Gasteiger partial charge in [-0.05, 0) is 44.9 Å². The first kappa shape index (κ1) is 14.5. The summed E-state index contributed by atoms with van der Waals surface area (Å²) in [5.74, 6) is -0.397. The lowest BCUT2D eigenvalue weighted by atomic mass is 10.0. The summed E-state index contributed by atoms with van der Waals surface area (Å²) >= 11 is 0. The van der Waals surface area contributed by atoms with Crippen molar-refractivity contribution in [2.24, 2.45) is 0 Å². The molecule has 0 heterocycles. The van der Waals surface area contributed by atoms with Crippen molar-refractivity contribution in [3.63, 3.8) is 0 Å². The molecule has 4 heteroatoms. The first-order chi connectivity index (χ1) is 8.41. The minimum Gasteiger partial charge on any atom is -0.460 e. The zero-order chi connectivity index (χ0) is 13.7. The highest BCUT2D eigenvalue weighted by molar-refractivity contribution is 5.96. The summed E-state index contributed by atoms with van der Waals surface area (Å²) in [6, 6.07) is 3.68. The molecule has 0 aliphatic rings. The van der Waals surface area contributed by atoms with Gasteiger partial charge < -0.3 is 15.2 Å². The highest BCUT2D eigenvalue weighted by atomic mass is 16.6. The molecule has 18 heavy (non-hydrogen) atoms. The molecule has 0 amide bonds. The maximum atomic E-state index is 11.9. The molecule has 0 aliphatic carbocycles. The Labute approximate surface area is 108 Å². The van der Waals surface area contributed by atoms with Crippen LogP contribution in [0.1, 0.15) is 35.3 Å². The number of esters is 1. The van der Waals surface area contributed by atoms with Gasteiger partial charge in [0.25, 0.3) is 0 Å². The third-order valence-corrected chi connectivity index (χ3v) is 2.52. The summed E-state index contributed by atoms with van der Waals surface area (Å²) in [6.07, 6.45) is 0.134. The van der Waals surface area contributed by atoms with Gasteiger partial charge >= 0.3 is 5.97 Å². The molecule has 0 unspecified atom stereocenters. The van der Waals surface area contributed by atoms with Gasteiger partial charge in [0.05, 0.1) is 18.3 Å². The van der Waals surface area contributed by atoms with Crippen molar-refractivity contribution in [1.29, 1.82) is 0 Å². The van der Waals surface area contributed by atoms with E-state index in [1.165, 1.54) is 0 Å². The van der Waals surface area contributed by atoms with Gasteiger partial charge in [-0.25, -0.2) is 4.79 Å². The van der Waals surface area contributed by atoms with E-state index in [-0.39, 0.29) is 12.7 Å². The minimum absolute atomic E-state index is 0.134. The van der Waals surface area contributed by atoms with Crippen LogP contribution in [0.4, 0.5) is 5.69 Å². The number of benzene rings is 1. The van der Waals surface area contributed by atoms with E-state index in [0.29, 0.717) is 17.9 Å². The van der Waals surface area contributed by atoms with E-state index in [4.69, 9.17) is 15.2 Å². The standard InChI is InChI=1S/C14H21NO3/c1-9(2)17-5-6-18-14(16)12-8-10(3)7-11(4)13(12)15/h7-9H,5-6,15H2,1-4H3. The average molecular weight is 251 g/mol. The van der Waals surface area contributed by atoms with Gasteiger partial charge in [0, 0.05) is 5.69 Å². The maximum Gasteiger partial charge on any atom is 0.340 e. The van der Waals surface area contributed by atoms with Gasteiger partial charge in [-0.2, -0.15) is 0 Å². The van der Waals surface area contributed by atoms with E-state index >= 15 is 0 Å². The molecule has 1 rings (SSSR count). The predicted molar refractivity (Wildman–Crippen MR) is 71.7 cm³/mol. The number of anilines is 1. The van der Waals surface area contributed by atoms with Crippen molar-refractivity contribution in [2.45, 2.75) is 33.8 Å². The molecule has 0 fully saturated rings. The van der Waals surface area contributed by atoms with Crippen LogP contribution in [0, 0.1) is 13.8 Å². The number of rotatable bonds is 5. The van der Waals surface area contributed by atoms with Crippen LogP contribution in [-0.2, 0) is 9.47 Å². The third-order valence-electron chi connectivity index (χ3n) is 2.52. The van der Waals surface area contributed by atoms with Gasteiger partial charge in [-0.15, -0.1) is 0 Å². The quantitative estimate of drug-likeness (QED) is 0.496. The second kappa shape index (κ2) is 6.40. The molecule has 0 aliphatic heterocycles. The molecule has 0 atom stereocenters. The summed E-state index contributed by atoms with van der Waals surface area (Å²) in [7, 11) is 0. The van der Waals surface area contributed by atoms with Crippen LogP contribution in [0.3, 0.4) is 0 Å². The van der Waals surface area contributed by atoms with Gasteiger partial charge in [-0.1, -0.05) is 6.07 Å². The second-order valence-corrected chi connectivity index (χ2v) is 4.60. The summed E-state index contributed by atoms with van der Waals surface area (Å²) in [6.45, 7) is 8.30. The van der Waals surface area contributed by atoms with Crippen molar-refractivity contribution in [2.75, 3.05) is 18.9 Å². The Morgan fingerprint density at radius 1 is 1.28 bits per heavy atom. The number of nitrogens with two attached hydrogens (primary N) is 1. The predicted octanol–water partition coefficient (Wildman–Crippen LogP) is 2.47. The fourth-order valence-corrected chi connectivity index (χ4v) is 1.64. The molecule has 2 N–H and O–H groups in total. The number of nitrogen functional groups attached to an aromatic ring is 1. The van der Waals surface area contributed by atoms with E-state index in [2.05, 4.69) is 0 Å². The van der Waals surface area contributed by atoms with Crippen LogP contribution in [0.5, 0.6) is 0 Å². The van der Waals surface area contributed by atoms with E-state index < -0.39 is 5.97 Å². The second-order valence-electron chi connectivity index (χ2n) is 4.60. The van der Waals surface area contributed by atoms with Crippen LogP contribution in [0.2, 0.25) is 0 Å². The molecule has 1 aromatic carbocycles. The minimum atomic E-state index is -0.397. The Hall–Kier alpha value is -1.55. The first-order valence-electron chi connectivity index (χ1n) is 6.07. The highest BCUT2D eigenvalue weighted by Gasteiger charge is 2.13. The number of ether oxygens (including phenoxy) is 2. The molecule has 0 spiro atoms. The van der Waals surface area contributed by atoms with Gasteiger partial charge in [-0.3, -0.25) is 0 Å². The van der Waals surface area contributed by atoms with Crippen molar-refractivity contribution in [3.8, 4) is 0 Å². The summed E-state index contributed by atoms with van der Waals surface area (Å²) in [5.41, 5.74) is 8.66. The Kier molecular flexibility index (Phi) is 5.16. The normalized spacial score (nSPS) is 10.7. The molecule has 1 aromatic rings. The van der Waals surface area contributed by atoms with Crippen molar-refractivity contribution < 1.29 is 14.3 Å². The third kappa shape index (κ3) is 4.04. The SMILES string of the molecule is Cc1cc(C)c(N)c(C(=O)OCCOC(C)C)c1. The maximum absolute atomic E-state index is 11.9. The van der Waals surface area contributed by atoms with Gasteiger partial charge in [0.15, 0.2) is 0 Å². The van der Waals surface area contributed by atoms with Gasteiger partial charge in [0.2, 0.25) is 0 Å². The smallest absolute Gasteiger partial charge is 0.340 e. The first-order valence-corrected chi connectivity index (χ1v) is 6.07. The van der Waals surface area contributed by atoms with Crippen LogP contribution in [-0.4, -0.2) is 25.3 Å². The average Bonchev–Trinajstić information content (AvgIpc) is 2.28. The van der Waals surface area contributed by atoms with Crippen LogP contribution in [0.15, 0.2) is 12.1 Å². The lowest BCUT2D eigenvalue weighted by molar-refractivity contribution is 0.0177. The Balaban J connectivity index is 2.62. The highest BCUT2D eigenvalue weighted by Crippen LogP contribution is 2.20. The zero-order valence-corrected chi connectivity index (χ0v) is 11.4. The molecule has 100 valence electrons. The largest absolute Gasteiger partial charge is 0.460 e. The zero-order valence-electron chi connectivity index (χ0n) is 11.4. The number of carbonyl (C=O) groups excluding carboxylic acids is 1. The molecular weight excluding hydrogens is 230 g/mol. The number of hydrogen-bond acceptors (Lipinski definition) is 4. The van der Waals surface area contributed by atoms with Gasteiger partial charge in [0.1, 0.15) is 6.61 Å². The van der Waals surface area contributed by atoms with E-state index in [1.807, 2.05) is 33.8 Å². The summed E-state index contributed by atoms with van der Waals surface area (Å²) in [5, 5.41) is 0. The van der Waals surface area contributed by atoms with E-state index in [0.717, 1.165) is 11.1 Å². The lowest BCUT2D eigenvalue weighted by Gasteiger charge is -2.11. The van der Waals surface area contributed by atoms with E-state index in [1.54, 1.807) is 6.07 Å². The van der Waals surface area contributed by atoms with Crippen molar-refractivity contribution >= 4 is 11.7 Å². The molecule has 4 nitrogen and oxygen atoms in total. The molecular formula is C14H21NO3. The fourth-order valence-electron chi connectivity index (χ4n) is 1.64. The molecule has 0 radical (unpaired) electrons. The van der Waals surface area contributed by atoms with Crippen molar-refractivity contribution in [1.82, 2.24) is 0 Å². The van der Waals surface area contributed by atoms with E-state index in [9.17, 15) is 4.79 Å². The van der Waals surface area contributed by atoms with Crippen LogP contribution >= 0.6 is 0 Å². The Morgan fingerprint density at radius 2 is 1.94 bits per heavy atom. The van der Waals surface area contributed by atoms with Crippen LogP contribution in [0.25, 0.3) is 0 Å². The number of hydrogen-bond donors (Lipinski definition) is 1. The fraction of sp³-hybridized carbons (Fsp3) is 0.500. The monoisotopic (exact) mass is 251 g/mol. The Morgan fingerprint density at radius 3 is 2.56 bits per heavy atom. The number of aryl methyl sites for hydroxylation is 2. The molecule has 0 saturated carbocycles. The summed E-state index contributed by atoms with van der Waals surface area (Å²) in [4.78, 5) is 11.9. The topological polar surface area (TPSA) is 61.6 Å². The van der Waals surface area contributed by atoms with Crippen LogP contribution < -0.4 is 5.73 Å². The molecule has 0 saturated heterocycles. The lowest BCUT2D eigenvalue weighted by Crippen LogP contribution is -2.15. The van der Waals surface area contributed by atoms with Crippen molar-refractivity contribution in [3.05, 3.63) is 28.8 Å². The number of carbonyl (C=O) groups is 1. The molecule has 0 aromatic heterocycles. The Bertz CT molecular complexity index is 427. The molecule has 0 bridgehead atoms.